The predicted molar refractivity (Wildman–Crippen MR) is 94.4 cm³/mol. The van der Waals surface area contributed by atoms with Crippen molar-refractivity contribution < 1.29 is 0 Å². The molecule has 2 fully saturated rings. The van der Waals surface area contributed by atoms with E-state index in [0.717, 1.165) is 6.04 Å². The van der Waals surface area contributed by atoms with Crippen LogP contribution in [0.4, 0.5) is 0 Å². The number of likely N-dealkylation sites (tertiary alicyclic amines) is 1. The lowest BCUT2D eigenvalue weighted by molar-refractivity contribution is 0.164. The Hall–Kier alpha value is -0.860. The Morgan fingerprint density at radius 3 is 2.64 bits per heavy atom. The lowest BCUT2D eigenvalue weighted by Crippen LogP contribution is -2.51. The Morgan fingerprint density at radius 2 is 1.91 bits per heavy atom. The number of nitrogens with one attached hydrogen (secondary N) is 1. The average molecular weight is 300 g/mol. The van der Waals surface area contributed by atoms with Gasteiger partial charge in [0, 0.05) is 25.2 Å². The maximum Gasteiger partial charge on any atom is 0.0203 e. The van der Waals surface area contributed by atoms with Gasteiger partial charge >= 0.3 is 0 Å². The fraction of sp³-hybridized carbons (Fsp3) is 0.700. The van der Waals surface area contributed by atoms with E-state index in [9.17, 15) is 0 Å². The largest absolute Gasteiger partial charge is 0.310 e. The molecule has 1 aliphatic heterocycles. The summed E-state index contributed by atoms with van der Waals surface area (Å²) in [4.78, 5) is 2.64. The summed E-state index contributed by atoms with van der Waals surface area (Å²) in [6.45, 7) is 8.14. The van der Waals surface area contributed by atoms with Gasteiger partial charge < -0.3 is 10.2 Å². The molecular formula is C20H32N2. The van der Waals surface area contributed by atoms with E-state index >= 15 is 0 Å². The van der Waals surface area contributed by atoms with Gasteiger partial charge in [0.05, 0.1) is 0 Å². The van der Waals surface area contributed by atoms with Crippen molar-refractivity contribution in [3.05, 3.63) is 35.4 Å². The average Bonchev–Trinajstić information content (AvgIpc) is 2.55. The highest BCUT2D eigenvalue weighted by molar-refractivity contribution is 5.26. The van der Waals surface area contributed by atoms with Crippen molar-refractivity contribution in [2.45, 2.75) is 70.4 Å². The monoisotopic (exact) mass is 300 g/mol. The quantitative estimate of drug-likeness (QED) is 0.901. The lowest BCUT2D eigenvalue weighted by Gasteiger charge is -2.40. The third-order valence-corrected chi connectivity index (χ3v) is 5.56. The van der Waals surface area contributed by atoms with Crippen LogP contribution in [0.5, 0.6) is 0 Å². The fourth-order valence-electron chi connectivity index (χ4n) is 4.34. The summed E-state index contributed by atoms with van der Waals surface area (Å²) >= 11 is 0. The van der Waals surface area contributed by atoms with E-state index < -0.39 is 0 Å². The Balaban J connectivity index is 1.66. The van der Waals surface area contributed by atoms with Crippen molar-refractivity contribution in [3.8, 4) is 0 Å². The van der Waals surface area contributed by atoms with E-state index in [-0.39, 0.29) is 0 Å². The first-order valence-electron chi connectivity index (χ1n) is 9.29. The van der Waals surface area contributed by atoms with Gasteiger partial charge in [0.1, 0.15) is 0 Å². The number of likely N-dealkylation sites (N-methyl/N-ethyl adjacent to an activating group) is 1. The highest BCUT2D eigenvalue weighted by atomic mass is 15.2. The number of piperidine rings is 1. The van der Waals surface area contributed by atoms with E-state index in [4.69, 9.17) is 0 Å². The first-order chi connectivity index (χ1) is 10.7. The molecule has 1 aromatic rings. The lowest BCUT2D eigenvalue weighted by atomic mass is 9.86. The molecule has 0 spiro atoms. The summed E-state index contributed by atoms with van der Waals surface area (Å²) in [6.07, 6.45) is 8.36. The van der Waals surface area contributed by atoms with E-state index in [1.54, 1.807) is 0 Å². The van der Waals surface area contributed by atoms with Gasteiger partial charge in [-0.05, 0) is 44.2 Å². The molecule has 0 radical (unpaired) electrons. The molecule has 0 amide bonds. The third kappa shape index (κ3) is 4.11. The molecule has 0 bridgehead atoms. The van der Waals surface area contributed by atoms with Crippen LogP contribution in [0.2, 0.25) is 0 Å². The summed E-state index contributed by atoms with van der Waals surface area (Å²) in [5, 5.41) is 3.99. The maximum absolute atomic E-state index is 3.99. The smallest absolute Gasteiger partial charge is 0.0203 e. The summed E-state index contributed by atoms with van der Waals surface area (Å²) in [7, 11) is 0. The summed E-state index contributed by atoms with van der Waals surface area (Å²) in [5.41, 5.74) is 2.93. The van der Waals surface area contributed by atoms with Crippen molar-refractivity contribution >= 4 is 0 Å². The van der Waals surface area contributed by atoms with Gasteiger partial charge in [0.15, 0.2) is 0 Å². The van der Waals surface area contributed by atoms with Crippen molar-refractivity contribution in [1.82, 2.24) is 10.2 Å². The number of rotatable bonds is 4. The topological polar surface area (TPSA) is 15.3 Å². The second-order valence-corrected chi connectivity index (χ2v) is 7.40. The third-order valence-electron chi connectivity index (χ3n) is 5.56. The second kappa shape index (κ2) is 7.61. The van der Waals surface area contributed by atoms with Gasteiger partial charge in [-0.25, -0.2) is 0 Å². The van der Waals surface area contributed by atoms with Gasteiger partial charge in [-0.2, -0.15) is 0 Å². The van der Waals surface area contributed by atoms with Gasteiger partial charge in [-0.15, -0.1) is 0 Å². The predicted octanol–water partition coefficient (Wildman–Crippen LogP) is 4.10. The highest BCUT2D eigenvalue weighted by Gasteiger charge is 2.29. The van der Waals surface area contributed by atoms with Crippen LogP contribution in [-0.2, 0) is 0 Å². The molecule has 22 heavy (non-hydrogen) atoms. The normalized spacial score (nSPS) is 27.9. The number of nitrogens with zero attached hydrogens (tertiary/aromatic N) is 1. The molecule has 0 aromatic heterocycles. The molecule has 2 aliphatic rings. The molecule has 2 atom stereocenters. The summed E-state index contributed by atoms with van der Waals surface area (Å²) < 4.78 is 0. The van der Waals surface area contributed by atoms with Crippen molar-refractivity contribution in [2.75, 3.05) is 19.6 Å². The first kappa shape index (κ1) is 16.0. The van der Waals surface area contributed by atoms with Gasteiger partial charge in [0.25, 0.3) is 0 Å². The van der Waals surface area contributed by atoms with Crippen LogP contribution in [0, 0.1) is 6.92 Å². The van der Waals surface area contributed by atoms with Crippen LogP contribution in [0.3, 0.4) is 0 Å². The standard InChI is InChI=1S/C20H32N2/c1-3-22-14-18(17-9-7-8-16(2)12-17)13-20(15-22)21-19-10-5-4-6-11-19/h7-9,12,18-21H,3-6,10-11,13-15H2,1-2H3. The van der Waals surface area contributed by atoms with Crippen LogP contribution in [0.25, 0.3) is 0 Å². The van der Waals surface area contributed by atoms with E-state index in [1.165, 1.54) is 69.3 Å². The zero-order valence-electron chi connectivity index (χ0n) is 14.4. The number of aryl methyl sites for hydroxylation is 1. The molecule has 1 saturated carbocycles. The molecule has 3 rings (SSSR count). The molecule has 1 aromatic carbocycles. The van der Waals surface area contributed by atoms with Crippen LogP contribution in [0.15, 0.2) is 24.3 Å². The Bertz CT molecular complexity index is 465. The molecule has 2 nitrogen and oxygen atoms in total. The second-order valence-electron chi connectivity index (χ2n) is 7.40. The number of hydrogen-bond acceptors (Lipinski definition) is 2. The summed E-state index contributed by atoms with van der Waals surface area (Å²) in [5.74, 6) is 0.690. The molecule has 2 unspecified atom stereocenters. The molecule has 1 N–H and O–H groups in total. The summed E-state index contributed by atoms with van der Waals surface area (Å²) in [6, 6.07) is 10.6. The number of benzene rings is 1. The number of hydrogen-bond donors (Lipinski definition) is 1. The molecule has 2 heteroatoms. The van der Waals surface area contributed by atoms with Crippen LogP contribution < -0.4 is 5.32 Å². The minimum absolute atomic E-state index is 0.669. The SMILES string of the molecule is CCN1CC(NC2CCCCC2)CC(c2cccc(C)c2)C1. The molecule has 122 valence electrons. The van der Waals surface area contributed by atoms with Gasteiger partial charge in [-0.1, -0.05) is 56.0 Å². The van der Waals surface area contributed by atoms with Crippen molar-refractivity contribution in [1.29, 1.82) is 0 Å². The molecule has 1 saturated heterocycles. The van der Waals surface area contributed by atoms with Crippen molar-refractivity contribution in [2.24, 2.45) is 0 Å². The zero-order chi connectivity index (χ0) is 15.4. The minimum atomic E-state index is 0.669. The fourth-order valence-corrected chi connectivity index (χ4v) is 4.34. The van der Waals surface area contributed by atoms with E-state index in [2.05, 4.69) is 48.3 Å². The Morgan fingerprint density at radius 1 is 1.09 bits per heavy atom. The van der Waals surface area contributed by atoms with Crippen LogP contribution in [0.1, 0.15) is 62.5 Å². The Labute approximate surface area is 136 Å². The highest BCUT2D eigenvalue weighted by Crippen LogP contribution is 2.29. The maximum atomic E-state index is 3.99. The van der Waals surface area contributed by atoms with Gasteiger partial charge in [0.2, 0.25) is 0 Å². The van der Waals surface area contributed by atoms with Crippen LogP contribution >= 0.6 is 0 Å². The Kier molecular flexibility index (Phi) is 5.54. The van der Waals surface area contributed by atoms with Crippen LogP contribution in [-0.4, -0.2) is 36.6 Å². The van der Waals surface area contributed by atoms with E-state index in [0.29, 0.717) is 12.0 Å². The molecule has 1 aliphatic carbocycles. The first-order valence-corrected chi connectivity index (χ1v) is 9.29. The van der Waals surface area contributed by atoms with E-state index in [1.807, 2.05) is 0 Å². The minimum Gasteiger partial charge on any atom is -0.310 e. The zero-order valence-corrected chi connectivity index (χ0v) is 14.4. The van der Waals surface area contributed by atoms with Gasteiger partial charge in [-0.3, -0.25) is 0 Å². The molecular weight excluding hydrogens is 268 g/mol. The van der Waals surface area contributed by atoms with Crippen molar-refractivity contribution in [3.63, 3.8) is 0 Å². The molecule has 1 heterocycles.